The van der Waals surface area contributed by atoms with E-state index in [1.165, 1.54) is 61.8 Å². The zero-order valence-electron chi connectivity index (χ0n) is 18.1. The predicted octanol–water partition coefficient (Wildman–Crippen LogP) is 3.62. The molecule has 8 nitrogen and oxygen atoms in total. The Morgan fingerprint density at radius 2 is 1.91 bits per heavy atom. The first-order valence-corrected chi connectivity index (χ1v) is 12.4. The Kier molecular flexibility index (Phi) is 6.54. The van der Waals surface area contributed by atoms with Crippen molar-refractivity contribution in [3.63, 3.8) is 0 Å². The van der Waals surface area contributed by atoms with Gasteiger partial charge >= 0.3 is 0 Å². The molecule has 1 amide bonds. The van der Waals surface area contributed by atoms with Crippen LogP contribution in [-0.2, 0) is 16.6 Å². The monoisotopic (exact) mass is 487 g/mol. The minimum Gasteiger partial charge on any atom is -0.337 e. The molecule has 2 heterocycles. The highest BCUT2D eigenvalue weighted by Gasteiger charge is 2.23. The zero-order valence-corrected chi connectivity index (χ0v) is 19.7. The fraction of sp³-hybridized carbons (Fsp3) is 0.227. The largest absolute Gasteiger partial charge is 0.337 e. The van der Waals surface area contributed by atoms with Crippen LogP contribution in [0.5, 0.6) is 0 Å². The lowest BCUT2D eigenvalue weighted by atomic mass is 10.2. The van der Waals surface area contributed by atoms with Crippen molar-refractivity contribution in [1.82, 2.24) is 18.8 Å². The van der Waals surface area contributed by atoms with Crippen LogP contribution in [0.4, 0.5) is 9.52 Å². The molecule has 0 saturated carbocycles. The van der Waals surface area contributed by atoms with Crippen molar-refractivity contribution in [2.75, 3.05) is 25.5 Å². The molecule has 2 aromatic heterocycles. The number of fused-ring (bicyclic) bond motifs is 1. The van der Waals surface area contributed by atoms with Gasteiger partial charge in [0.2, 0.25) is 10.0 Å². The van der Waals surface area contributed by atoms with E-state index >= 15 is 0 Å². The summed E-state index contributed by atoms with van der Waals surface area (Å²) in [4.78, 5) is 23.6. The maximum Gasteiger partial charge on any atom is 0.260 e. The third-order valence-electron chi connectivity index (χ3n) is 5.05. The van der Waals surface area contributed by atoms with E-state index in [9.17, 15) is 17.6 Å². The highest BCUT2D eigenvalue weighted by molar-refractivity contribution is 7.89. The number of hydrogen-bond acceptors (Lipinski definition) is 6. The lowest BCUT2D eigenvalue weighted by molar-refractivity contribution is 0.0986. The van der Waals surface area contributed by atoms with E-state index in [-0.39, 0.29) is 16.6 Å². The molecule has 0 radical (unpaired) electrons. The summed E-state index contributed by atoms with van der Waals surface area (Å²) in [5.74, 6) is -0.678. The van der Waals surface area contributed by atoms with Crippen molar-refractivity contribution in [2.45, 2.75) is 17.9 Å². The van der Waals surface area contributed by atoms with Gasteiger partial charge in [0, 0.05) is 45.1 Å². The van der Waals surface area contributed by atoms with Crippen LogP contribution in [0.2, 0.25) is 0 Å². The molecule has 4 aromatic rings. The minimum absolute atomic E-state index is 0.103. The van der Waals surface area contributed by atoms with Crippen LogP contribution in [0.3, 0.4) is 0 Å². The van der Waals surface area contributed by atoms with Crippen molar-refractivity contribution in [2.24, 2.45) is 0 Å². The van der Waals surface area contributed by atoms with Crippen molar-refractivity contribution < 1.29 is 17.6 Å². The number of carbonyl (C=O) groups excluding carboxylic acids is 1. The summed E-state index contributed by atoms with van der Waals surface area (Å²) in [7, 11) is -0.697. The number of amides is 1. The van der Waals surface area contributed by atoms with Gasteiger partial charge in [0.05, 0.1) is 21.4 Å². The lowest BCUT2D eigenvalue weighted by Gasteiger charge is -2.20. The molecular weight excluding hydrogens is 465 g/mol. The first-order chi connectivity index (χ1) is 15.8. The van der Waals surface area contributed by atoms with Gasteiger partial charge in [-0.15, -0.1) is 0 Å². The number of imidazole rings is 1. The normalized spacial score (nSPS) is 11.9. The SMILES string of the molecule is CN(C)S(=O)(=O)c1ccc(C(=O)N(CCCn2ccnc2)c2nc3ccc(F)cc3s2)cc1. The van der Waals surface area contributed by atoms with Crippen molar-refractivity contribution >= 4 is 42.6 Å². The van der Waals surface area contributed by atoms with E-state index in [4.69, 9.17) is 0 Å². The number of anilines is 1. The molecular formula is C22H22FN5O3S2. The first-order valence-electron chi connectivity index (χ1n) is 10.1. The van der Waals surface area contributed by atoms with Crippen molar-refractivity contribution in [3.05, 3.63) is 72.6 Å². The van der Waals surface area contributed by atoms with Crippen LogP contribution in [0.1, 0.15) is 16.8 Å². The van der Waals surface area contributed by atoms with E-state index in [1.54, 1.807) is 23.5 Å². The standard InChI is InChI=1S/C22H22FN5O3S2/c1-26(2)33(30,31)18-7-4-16(5-8-18)21(29)28(12-3-11-27-13-10-24-15-27)22-25-19-9-6-17(23)14-20(19)32-22/h4-10,13-15H,3,11-12H2,1-2H3. The predicted molar refractivity (Wildman–Crippen MR) is 125 cm³/mol. The molecule has 2 aromatic carbocycles. The van der Waals surface area contributed by atoms with Crippen LogP contribution in [0.25, 0.3) is 10.2 Å². The fourth-order valence-corrected chi connectivity index (χ4v) is 5.17. The Hall–Kier alpha value is -3.15. The van der Waals surface area contributed by atoms with Crippen LogP contribution >= 0.6 is 11.3 Å². The average molecular weight is 488 g/mol. The number of sulfonamides is 1. The van der Waals surface area contributed by atoms with Gasteiger partial charge in [0.25, 0.3) is 5.91 Å². The molecule has 0 aliphatic heterocycles. The molecule has 0 saturated heterocycles. The summed E-state index contributed by atoms with van der Waals surface area (Å²) >= 11 is 1.23. The topological polar surface area (TPSA) is 88.4 Å². The Bertz CT molecular complexity index is 1370. The van der Waals surface area contributed by atoms with E-state index < -0.39 is 10.0 Å². The quantitative estimate of drug-likeness (QED) is 0.379. The molecule has 172 valence electrons. The molecule has 0 spiro atoms. The second-order valence-electron chi connectivity index (χ2n) is 7.53. The number of aromatic nitrogens is 3. The number of hydrogen-bond donors (Lipinski definition) is 0. The molecule has 0 aliphatic rings. The van der Waals surface area contributed by atoms with Crippen LogP contribution in [-0.4, -0.2) is 53.8 Å². The second-order valence-corrected chi connectivity index (χ2v) is 10.7. The molecule has 0 aliphatic carbocycles. The Morgan fingerprint density at radius 3 is 2.58 bits per heavy atom. The highest BCUT2D eigenvalue weighted by atomic mass is 32.2. The molecule has 33 heavy (non-hydrogen) atoms. The summed E-state index contributed by atoms with van der Waals surface area (Å²) in [6.45, 7) is 1.03. The van der Waals surface area contributed by atoms with Gasteiger partial charge in [0.1, 0.15) is 5.82 Å². The first kappa shape index (κ1) is 23.0. The average Bonchev–Trinajstić information content (AvgIpc) is 3.45. The summed E-state index contributed by atoms with van der Waals surface area (Å²) < 4.78 is 42.0. The third-order valence-corrected chi connectivity index (χ3v) is 7.92. The van der Waals surface area contributed by atoms with Gasteiger partial charge in [0.15, 0.2) is 5.13 Å². The molecule has 0 N–H and O–H groups in total. The lowest BCUT2D eigenvalue weighted by Crippen LogP contribution is -2.32. The number of aryl methyl sites for hydroxylation is 1. The van der Waals surface area contributed by atoms with Crippen LogP contribution < -0.4 is 4.90 Å². The molecule has 0 bridgehead atoms. The third kappa shape index (κ3) is 4.95. The number of nitrogens with zero attached hydrogens (tertiary/aromatic N) is 5. The Morgan fingerprint density at radius 1 is 1.15 bits per heavy atom. The molecule has 11 heteroatoms. The van der Waals surface area contributed by atoms with Gasteiger partial charge in [-0.05, 0) is 48.9 Å². The Labute approximate surface area is 195 Å². The minimum atomic E-state index is -3.60. The summed E-state index contributed by atoms with van der Waals surface area (Å²) in [5, 5.41) is 0.455. The highest BCUT2D eigenvalue weighted by Crippen LogP contribution is 2.30. The summed E-state index contributed by atoms with van der Waals surface area (Å²) in [6, 6.07) is 10.1. The van der Waals surface area contributed by atoms with Crippen LogP contribution in [0.15, 0.2) is 66.1 Å². The van der Waals surface area contributed by atoms with Crippen molar-refractivity contribution in [3.8, 4) is 0 Å². The molecule has 0 atom stereocenters. The fourth-order valence-electron chi connectivity index (χ4n) is 3.25. The van der Waals surface area contributed by atoms with Gasteiger partial charge in [-0.1, -0.05) is 11.3 Å². The van der Waals surface area contributed by atoms with Crippen molar-refractivity contribution in [1.29, 1.82) is 0 Å². The zero-order chi connectivity index (χ0) is 23.6. The molecule has 0 fully saturated rings. The van der Waals surface area contributed by atoms with E-state index in [2.05, 4.69) is 9.97 Å². The number of carbonyl (C=O) groups is 1. The number of benzene rings is 2. The van der Waals surface area contributed by atoms with Gasteiger partial charge in [-0.2, -0.15) is 0 Å². The van der Waals surface area contributed by atoms with Gasteiger partial charge in [-0.25, -0.2) is 27.1 Å². The Balaban J connectivity index is 1.63. The molecule has 4 rings (SSSR count). The smallest absolute Gasteiger partial charge is 0.260 e. The second kappa shape index (κ2) is 9.38. The number of halogens is 1. The van der Waals surface area contributed by atoms with Gasteiger partial charge in [-0.3, -0.25) is 9.69 Å². The van der Waals surface area contributed by atoms with Crippen LogP contribution in [0, 0.1) is 5.82 Å². The number of rotatable bonds is 8. The maximum atomic E-state index is 13.7. The van der Waals surface area contributed by atoms with E-state index in [1.807, 2.05) is 10.8 Å². The summed E-state index contributed by atoms with van der Waals surface area (Å²) in [6.07, 6.45) is 5.88. The number of thiazole rings is 1. The molecule has 0 unspecified atom stereocenters. The van der Waals surface area contributed by atoms with E-state index in [0.717, 1.165) is 4.31 Å². The van der Waals surface area contributed by atoms with E-state index in [0.29, 0.717) is 40.4 Å². The van der Waals surface area contributed by atoms with Gasteiger partial charge < -0.3 is 4.57 Å². The maximum absolute atomic E-state index is 13.7. The summed E-state index contributed by atoms with van der Waals surface area (Å²) in [5.41, 5.74) is 0.942.